The van der Waals surface area contributed by atoms with E-state index in [0.717, 1.165) is 19.4 Å². The summed E-state index contributed by atoms with van der Waals surface area (Å²) < 4.78 is 0. The molecule has 0 bridgehead atoms. The predicted molar refractivity (Wildman–Crippen MR) is 98.1 cm³/mol. The van der Waals surface area contributed by atoms with Crippen molar-refractivity contribution < 1.29 is 9.59 Å². The van der Waals surface area contributed by atoms with Gasteiger partial charge in [0.25, 0.3) is 0 Å². The van der Waals surface area contributed by atoms with Gasteiger partial charge in [-0.05, 0) is 37.8 Å². The molecule has 2 fully saturated rings. The summed E-state index contributed by atoms with van der Waals surface area (Å²) >= 11 is 0. The molecule has 5 heteroatoms. The van der Waals surface area contributed by atoms with E-state index in [2.05, 4.69) is 42.2 Å². The number of carbonyl (C=O) groups is 2. The molecule has 1 aromatic rings. The monoisotopic (exact) mass is 343 g/mol. The maximum Gasteiger partial charge on any atom is 0.236 e. The topological polar surface area (TPSA) is 43.9 Å². The van der Waals surface area contributed by atoms with E-state index in [9.17, 15) is 9.59 Å². The van der Waals surface area contributed by atoms with Crippen LogP contribution in [-0.4, -0.2) is 71.8 Å². The van der Waals surface area contributed by atoms with Crippen LogP contribution in [0.3, 0.4) is 0 Å². The van der Waals surface area contributed by atoms with E-state index >= 15 is 0 Å². The van der Waals surface area contributed by atoms with Gasteiger partial charge in [0.2, 0.25) is 11.8 Å². The molecule has 25 heavy (non-hydrogen) atoms. The van der Waals surface area contributed by atoms with Crippen molar-refractivity contribution in [3.05, 3.63) is 35.9 Å². The van der Waals surface area contributed by atoms with E-state index in [4.69, 9.17) is 0 Å². The van der Waals surface area contributed by atoms with Crippen molar-refractivity contribution in [2.45, 2.75) is 32.7 Å². The highest BCUT2D eigenvalue weighted by Gasteiger charge is 2.33. The van der Waals surface area contributed by atoms with Crippen LogP contribution >= 0.6 is 0 Å². The molecule has 2 atom stereocenters. The fraction of sp³-hybridized carbons (Fsp3) is 0.600. The number of amides is 2. The van der Waals surface area contributed by atoms with Gasteiger partial charge in [0.15, 0.2) is 0 Å². The highest BCUT2D eigenvalue weighted by molar-refractivity contribution is 5.79. The lowest BCUT2D eigenvalue weighted by Crippen LogP contribution is -2.52. The molecule has 0 spiro atoms. The zero-order chi connectivity index (χ0) is 17.8. The molecule has 136 valence electrons. The number of likely N-dealkylation sites (tertiary alicyclic amines) is 1. The number of benzene rings is 1. The maximum absolute atomic E-state index is 12.6. The summed E-state index contributed by atoms with van der Waals surface area (Å²) in [6.07, 6.45) is 2.24. The highest BCUT2D eigenvalue weighted by atomic mass is 16.2. The first kappa shape index (κ1) is 17.9. The Kier molecular flexibility index (Phi) is 5.74. The molecule has 1 aromatic carbocycles. The molecule has 3 rings (SSSR count). The number of piperazine rings is 1. The smallest absolute Gasteiger partial charge is 0.236 e. The SMILES string of the molecule is CC(=O)N1CCN(C(=O)CN2CC[C@@H](Cc3ccccc3)[C@H]2C)CC1. The molecule has 2 saturated heterocycles. The van der Waals surface area contributed by atoms with Crippen LogP contribution in [0.5, 0.6) is 0 Å². The second kappa shape index (κ2) is 8.00. The average Bonchev–Trinajstić information content (AvgIpc) is 2.96. The Morgan fingerprint density at radius 1 is 1.00 bits per heavy atom. The Balaban J connectivity index is 1.48. The van der Waals surface area contributed by atoms with Crippen LogP contribution in [0.25, 0.3) is 0 Å². The first-order valence-corrected chi connectivity index (χ1v) is 9.36. The van der Waals surface area contributed by atoms with E-state index < -0.39 is 0 Å². The Labute approximate surface area is 150 Å². The van der Waals surface area contributed by atoms with Gasteiger partial charge in [-0.15, -0.1) is 0 Å². The fourth-order valence-corrected chi connectivity index (χ4v) is 4.03. The van der Waals surface area contributed by atoms with E-state index in [-0.39, 0.29) is 11.8 Å². The summed E-state index contributed by atoms with van der Waals surface area (Å²) in [6, 6.07) is 11.1. The van der Waals surface area contributed by atoms with Gasteiger partial charge in [-0.25, -0.2) is 0 Å². The zero-order valence-electron chi connectivity index (χ0n) is 15.4. The zero-order valence-corrected chi connectivity index (χ0v) is 15.4. The minimum absolute atomic E-state index is 0.101. The van der Waals surface area contributed by atoms with Crippen LogP contribution in [0.1, 0.15) is 25.8 Å². The average molecular weight is 343 g/mol. The normalized spacial score (nSPS) is 24.6. The third-order valence-corrected chi connectivity index (χ3v) is 5.80. The summed E-state index contributed by atoms with van der Waals surface area (Å²) in [5.41, 5.74) is 1.38. The van der Waals surface area contributed by atoms with E-state index in [1.807, 2.05) is 9.80 Å². The molecule has 2 heterocycles. The Morgan fingerprint density at radius 3 is 2.28 bits per heavy atom. The number of carbonyl (C=O) groups excluding carboxylic acids is 2. The summed E-state index contributed by atoms with van der Waals surface area (Å²) in [7, 11) is 0. The Bertz CT molecular complexity index is 596. The molecule has 5 nitrogen and oxygen atoms in total. The van der Waals surface area contributed by atoms with Crippen LogP contribution < -0.4 is 0 Å². The molecule has 0 aliphatic carbocycles. The van der Waals surface area contributed by atoms with Crippen LogP contribution in [0, 0.1) is 5.92 Å². The van der Waals surface area contributed by atoms with Crippen molar-refractivity contribution in [2.24, 2.45) is 5.92 Å². The minimum Gasteiger partial charge on any atom is -0.339 e. The number of nitrogens with zero attached hydrogens (tertiary/aromatic N) is 3. The quantitative estimate of drug-likeness (QED) is 0.835. The van der Waals surface area contributed by atoms with Crippen molar-refractivity contribution in [3.63, 3.8) is 0 Å². The largest absolute Gasteiger partial charge is 0.339 e. The molecule has 0 aromatic heterocycles. The van der Waals surface area contributed by atoms with Crippen molar-refractivity contribution >= 4 is 11.8 Å². The second-order valence-electron chi connectivity index (χ2n) is 7.34. The van der Waals surface area contributed by atoms with Gasteiger partial charge in [0.05, 0.1) is 6.54 Å². The molecular weight excluding hydrogens is 314 g/mol. The number of rotatable bonds is 4. The molecule has 2 amide bonds. The van der Waals surface area contributed by atoms with Crippen molar-refractivity contribution in [1.29, 1.82) is 0 Å². The predicted octanol–water partition coefficient (Wildman–Crippen LogP) is 1.63. The Hall–Kier alpha value is -1.88. The van der Waals surface area contributed by atoms with Gasteiger partial charge >= 0.3 is 0 Å². The lowest BCUT2D eigenvalue weighted by Gasteiger charge is -2.35. The van der Waals surface area contributed by atoms with E-state index in [1.54, 1.807) is 6.92 Å². The summed E-state index contributed by atoms with van der Waals surface area (Å²) in [5, 5.41) is 0. The molecule has 2 aliphatic rings. The number of hydrogen-bond acceptors (Lipinski definition) is 3. The molecule has 0 saturated carbocycles. The third-order valence-electron chi connectivity index (χ3n) is 5.80. The molecule has 2 aliphatic heterocycles. The van der Waals surface area contributed by atoms with Crippen LogP contribution in [0.4, 0.5) is 0 Å². The summed E-state index contributed by atoms with van der Waals surface area (Å²) in [4.78, 5) is 30.1. The van der Waals surface area contributed by atoms with Crippen molar-refractivity contribution in [1.82, 2.24) is 14.7 Å². The van der Waals surface area contributed by atoms with E-state index in [0.29, 0.717) is 44.7 Å². The van der Waals surface area contributed by atoms with Crippen LogP contribution in [0.15, 0.2) is 30.3 Å². The van der Waals surface area contributed by atoms with Gasteiger partial charge in [-0.3, -0.25) is 14.5 Å². The third kappa shape index (κ3) is 4.40. The first-order valence-electron chi connectivity index (χ1n) is 9.36. The number of hydrogen-bond donors (Lipinski definition) is 0. The van der Waals surface area contributed by atoms with Gasteiger partial charge in [0.1, 0.15) is 0 Å². The maximum atomic E-state index is 12.6. The molecular formula is C20H29N3O2. The summed E-state index contributed by atoms with van der Waals surface area (Å²) in [6.45, 7) is 7.99. The minimum atomic E-state index is 0.101. The second-order valence-corrected chi connectivity index (χ2v) is 7.34. The van der Waals surface area contributed by atoms with E-state index in [1.165, 1.54) is 5.56 Å². The highest BCUT2D eigenvalue weighted by Crippen LogP contribution is 2.27. The van der Waals surface area contributed by atoms with Gasteiger partial charge in [0, 0.05) is 39.1 Å². The van der Waals surface area contributed by atoms with Crippen LogP contribution in [-0.2, 0) is 16.0 Å². The fourth-order valence-electron chi connectivity index (χ4n) is 4.03. The van der Waals surface area contributed by atoms with Gasteiger partial charge in [-0.2, -0.15) is 0 Å². The molecule has 0 N–H and O–H groups in total. The van der Waals surface area contributed by atoms with Crippen molar-refractivity contribution in [2.75, 3.05) is 39.3 Å². The lowest BCUT2D eigenvalue weighted by atomic mass is 9.93. The van der Waals surface area contributed by atoms with Gasteiger partial charge < -0.3 is 9.80 Å². The lowest BCUT2D eigenvalue weighted by molar-refractivity contribution is -0.139. The molecule has 0 unspecified atom stereocenters. The summed E-state index contributed by atoms with van der Waals surface area (Å²) in [5.74, 6) is 0.921. The van der Waals surface area contributed by atoms with Crippen molar-refractivity contribution in [3.8, 4) is 0 Å². The van der Waals surface area contributed by atoms with Gasteiger partial charge in [-0.1, -0.05) is 30.3 Å². The van der Waals surface area contributed by atoms with Crippen LogP contribution in [0.2, 0.25) is 0 Å². The molecule has 0 radical (unpaired) electrons. The first-order chi connectivity index (χ1) is 12.0. The standard InChI is InChI=1S/C20H29N3O2/c1-16-19(14-18-6-4-3-5-7-18)8-9-23(16)15-20(25)22-12-10-21(11-13-22)17(2)24/h3-7,16,19H,8-15H2,1-2H3/t16-,19+/m1/s1. The Morgan fingerprint density at radius 2 is 1.64 bits per heavy atom.